The number of aliphatic hydroxyl groups is 1. The van der Waals surface area contributed by atoms with Gasteiger partial charge in [-0.2, -0.15) is 13.2 Å². The van der Waals surface area contributed by atoms with Crippen LogP contribution in [-0.2, 0) is 9.47 Å². The Balaban J connectivity index is 0.000000262. The van der Waals surface area contributed by atoms with Crippen LogP contribution in [-0.4, -0.2) is 114 Å². The summed E-state index contributed by atoms with van der Waals surface area (Å²) in [6, 6.07) is 0. The number of aliphatic hydroxyl groups excluding tert-OH is 1. The molecule has 3 heterocycles. The number of rotatable bonds is 5. The smallest absolute Gasteiger partial charge is 0.410 e. The van der Waals surface area contributed by atoms with Crippen LogP contribution in [0.25, 0.3) is 0 Å². The van der Waals surface area contributed by atoms with Crippen LogP contribution in [0.1, 0.15) is 59.3 Å². The lowest BCUT2D eigenvalue weighted by Crippen LogP contribution is -2.57. The number of epoxide rings is 1. The molecule has 0 aromatic heterocycles. The summed E-state index contributed by atoms with van der Waals surface area (Å²) in [7, 11) is 1.00. The van der Waals surface area contributed by atoms with Crippen LogP contribution in [0.2, 0.25) is 0 Å². The van der Waals surface area contributed by atoms with Gasteiger partial charge in [-0.05, 0) is 46.0 Å². The monoisotopic (exact) mass is 551 g/mol. The lowest BCUT2D eigenvalue weighted by Gasteiger charge is -2.39. The van der Waals surface area contributed by atoms with Crippen molar-refractivity contribution in [3.05, 3.63) is 11.6 Å². The summed E-state index contributed by atoms with van der Waals surface area (Å²) in [5.74, 6) is 0.835. The van der Waals surface area contributed by atoms with Gasteiger partial charge in [0.1, 0.15) is 6.10 Å². The van der Waals surface area contributed by atoms with Crippen LogP contribution in [0.3, 0.4) is 0 Å². The molecule has 220 valence electrons. The molecule has 3 aliphatic heterocycles. The van der Waals surface area contributed by atoms with Crippen molar-refractivity contribution in [2.24, 2.45) is 5.92 Å². The number of halogens is 3. The van der Waals surface area contributed by atoms with E-state index in [1.165, 1.54) is 47.5 Å². The van der Waals surface area contributed by atoms with E-state index in [1.807, 2.05) is 0 Å². The first-order valence-corrected chi connectivity index (χ1v) is 13.4. The molecule has 0 aromatic rings. The van der Waals surface area contributed by atoms with Crippen LogP contribution >= 0.6 is 0 Å². The minimum Gasteiger partial charge on any atom is -0.465 e. The maximum Gasteiger partial charge on any atom is 0.410 e. The average molecular weight is 552 g/mol. The van der Waals surface area contributed by atoms with Gasteiger partial charge in [-0.15, -0.1) is 0 Å². The van der Waals surface area contributed by atoms with E-state index in [1.54, 1.807) is 0 Å². The molecule has 0 aromatic carbocycles. The average Bonchev–Trinajstić information content (AvgIpc) is 3.52. The molecule has 12 heteroatoms. The van der Waals surface area contributed by atoms with Crippen molar-refractivity contribution in [1.29, 1.82) is 0 Å². The second-order valence-corrected chi connectivity index (χ2v) is 10.7. The lowest BCUT2D eigenvalue weighted by atomic mass is 9.78. The summed E-state index contributed by atoms with van der Waals surface area (Å²) in [5, 5.41) is 15.6. The van der Waals surface area contributed by atoms with Gasteiger partial charge in [-0.3, -0.25) is 4.90 Å². The summed E-state index contributed by atoms with van der Waals surface area (Å²) in [4.78, 5) is 26.0. The third-order valence-electron chi connectivity index (χ3n) is 7.55. The van der Waals surface area contributed by atoms with Crippen molar-refractivity contribution in [2.75, 3.05) is 52.9 Å². The quantitative estimate of drug-likeness (QED) is 0.387. The van der Waals surface area contributed by atoms with Gasteiger partial charge in [0.25, 0.3) is 0 Å². The molecule has 1 saturated carbocycles. The highest BCUT2D eigenvalue weighted by molar-refractivity contribution is 5.69. The number of amides is 2. The van der Waals surface area contributed by atoms with E-state index in [9.17, 15) is 22.8 Å². The van der Waals surface area contributed by atoms with Gasteiger partial charge in [0, 0.05) is 33.3 Å². The SMILES string of the molecule is CC(C)=CCC1OC1(C)C1CCCCC1.CO.O=C(O)N1CC(OC(=O)N2CCN(CC(F)(F)F)CC2)C1. The van der Waals surface area contributed by atoms with E-state index in [4.69, 9.17) is 19.7 Å². The zero-order valence-corrected chi connectivity index (χ0v) is 23.0. The number of nitrogens with zero attached hydrogens (tertiary/aromatic N) is 3. The molecule has 0 spiro atoms. The summed E-state index contributed by atoms with van der Waals surface area (Å²) < 4.78 is 47.7. The Morgan fingerprint density at radius 3 is 2.11 bits per heavy atom. The molecular weight excluding hydrogens is 507 g/mol. The van der Waals surface area contributed by atoms with Gasteiger partial charge in [0.2, 0.25) is 0 Å². The minimum atomic E-state index is -4.24. The molecule has 2 unspecified atom stereocenters. The standard InChI is InChI=1S/C14H24O.C11H16F3N3O4.CH4O/c1-11(2)9-10-13-14(3,15-13)12-7-5-4-6-8-12;12-11(13,14)7-15-1-3-16(4-2-15)10(20)21-8-5-17(6-8)9(18)19;1-2/h9,12-13H,4-8,10H2,1-3H3;8H,1-7H2,(H,18,19);2H,1H3. The van der Waals surface area contributed by atoms with Crippen LogP contribution < -0.4 is 0 Å². The summed E-state index contributed by atoms with van der Waals surface area (Å²) in [6.45, 7) is 6.57. The maximum atomic E-state index is 12.2. The zero-order valence-electron chi connectivity index (χ0n) is 23.0. The van der Waals surface area contributed by atoms with Gasteiger partial charge in [-0.1, -0.05) is 30.9 Å². The van der Waals surface area contributed by atoms with Crippen LogP contribution in [0.4, 0.5) is 22.8 Å². The number of allylic oxidation sites excluding steroid dienone is 1. The number of hydrogen-bond donors (Lipinski definition) is 2. The van der Waals surface area contributed by atoms with Gasteiger partial charge >= 0.3 is 18.4 Å². The number of alkyl halides is 3. The largest absolute Gasteiger partial charge is 0.465 e. The number of carbonyl (C=O) groups is 2. The fourth-order valence-corrected chi connectivity index (χ4v) is 5.16. The topological polar surface area (TPSA) is 106 Å². The summed E-state index contributed by atoms with van der Waals surface area (Å²) in [5.41, 5.74) is 1.64. The predicted octanol–water partition coefficient (Wildman–Crippen LogP) is 4.35. The van der Waals surface area contributed by atoms with E-state index >= 15 is 0 Å². The highest BCUT2D eigenvalue weighted by Gasteiger charge is 2.56. The molecule has 0 bridgehead atoms. The van der Waals surface area contributed by atoms with Crippen molar-refractivity contribution in [3.8, 4) is 0 Å². The molecule has 2 N–H and O–H groups in total. The van der Waals surface area contributed by atoms with Crippen molar-refractivity contribution in [2.45, 2.75) is 83.3 Å². The second kappa shape index (κ2) is 14.4. The molecule has 9 nitrogen and oxygen atoms in total. The van der Waals surface area contributed by atoms with Crippen molar-refractivity contribution < 1.29 is 42.4 Å². The summed E-state index contributed by atoms with van der Waals surface area (Å²) in [6.07, 6.45) is 4.62. The van der Waals surface area contributed by atoms with Crippen molar-refractivity contribution in [3.63, 3.8) is 0 Å². The number of carbonyl (C=O) groups excluding carboxylic acids is 1. The first kappa shape index (κ1) is 32.2. The molecule has 1 aliphatic carbocycles. The van der Waals surface area contributed by atoms with Crippen molar-refractivity contribution >= 4 is 12.2 Å². The van der Waals surface area contributed by atoms with E-state index in [2.05, 4.69) is 26.8 Å². The highest BCUT2D eigenvalue weighted by atomic mass is 19.4. The molecule has 2 amide bonds. The van der Waals surface area contributed by atoms with Gasteiger partial charge in [-0.25, -0.2) is 9.59 Å². The van der Waals surface area contributed by atoms with Crippen LogP contribution in [0.15, 0.2) is 11.6 Å². The Morgan fingerprint density at radius 1 is 1.03 bits per heavy atom. The molecule has 4 aliphatic rings. The maximum absolute atomic E-state index is 12.2. The Morgan fingerprint density at radius 2 is 1.61 bits per heavy atom. The fraction of sp³-hybridized carbons (Fsp3) is 0.846. The van der Waals surface area contributed by atoms with E-state index in [-0.39, 0.29) is 44.9 Å². The number of ether oxygens (including phenoxy) is 2. The second-order valence-electron chi connectivity index (χ2n) is 10.7. The normalized spacial score (nSPS) is 26.2. The Bertz CT molecular complexity index is 788. The molecule has 38 heavy (non-hydrogen) atoms. The minimum absolute atomic E-state index is 0.134. The first-order valence-electron chi connectivity index (χ1n) is 13.4. The molecule has 3 saturated heterocycles. The zero-order chi connectivity index (χ0) is 28.5. The lowest BCUT2D eigenvalue weighted by molar-refractivity contribution is -0.148. The van der Waals surface area contributed by atoms with Crippen molar-refractivity contribution in [1.82, 2.24) is 14.7 Å². The molecule has 0 radical (unpaired) electrons. The third kappa shape index (κ3) is 9.92. The Kier molecular flexibility index (Phi) is 12.2. The third-order valence-corrected chi connectivity index (χ3v) is 7.55. The predicted molar refractivity (Wildman–Crippen MR) is 136 cm³/mol. The van der Waals surface area contributed by atoms with Gasteiger partial charge in [0.05, 0.1) is 31.3 Å². The number of piperazine rings is 1. The van der Waals surface area contributed by atoms with Gasteiger partial charge in [0.15, 0.2) is 0 Å². The van der Waals surface area contributed by atoms with Crippen LogP contribution in [0.5, 0.6) is 0 Å². The number of likely N-dealkylation sites (tertiary alicyclic amines) is 1. The number of carboxylic acid groups (broad SMARTS) is 1. The van der Waals surface area contributed by atoms with E-state index < -0.39 is 31.0 Å². The molecule has 2 atom stereocenters. The highest BCUT2D eigenvalue weighted by Crippen LogP contribution is 2.50. The molecule has 4 fully saturated rings. The van der Waals surface area contributed by atoms with E-state index in [0.717, 1.165) is 24.3 Å². The van der Waals surface area contributed by atoms with E-state index in [0.29, 0.717) is 6.10 Å². The first-order chi connectivity index (χ1) is 17.9. The fourth-order valence-electron chi connectivity index (χ4n) is 5.16. The Hall–Kier alpha value is -2.05. The number of hydrogen-bond acceptors (Lipinski definition) is 6. The summed E-state index contributed by atoms with van der Waals surface area (Å²) >= 11 is 0. The molecule has 4 rings (SSSR count). The molecular formula is C26H44F3N3O6. The Labute approximate surface area is 223 Å². The van der Waals surface area contributed by atoms with Gasteiger partial charge < -0.3 is 29.5 Å². The van der Waals surface area contributed by atoms with Crippen LogP contribution in [0, 0.1) is 5.92 Å².